The maximum atomic E-state index is 9.60. The maximum Gasteiger partial charge on any atom is 0.259 e. The Morgan fingerprint density at radius 2 is 1.42 bits per heavy atom. The first-order chi connectivity index (χ1) is 32.7. The second kappa shape index (κ2) is 24.0. The van der Waals surface area contributed by atoms with Gasteiger partial charge >= 0.3 is 0 Å². The molecule has 0 saturated carbocycles. The van der Waals surface area contributed by atoms with Gasteiger partial charge in [-0.05, 0) is 74.2 Å². The van der Waals surface area contributed by atoms with Crippen LogP contribution in [0.2, 0.25) is 0 Å². The van der Waals surface area contributed by atoms with Gasteiger partial charge in [-0.1, -0.05) is 84.9 Å². The molecule has 5 atom stereocenters. The number of benzene rings is 4. The molecule has 0 bridgehead atoms. The van der Waals surface area contributed by atoms with Crippen molar-refractivity contribution in [1.82, 2.24) is 24.2 Å². The first kappa shape index (κ1) is 49.4. The highest BCUT2D eigenvalue weighted by Gasteiger charge is 2.48. The second-order valence-corrected chi connectivity index (χ2v) is 18.0. The van der Waals surface area contributed by atoms with Gasteiger partial charge in [0.25, 0.3) is 8.53 Å². The Bertz CT molecular complexity index is 2400. The average molecular weight is 932 g/mol. The number of rotatable bonds is 24. The Morgan fingerprint density at radius 3 is 2.01 bits per heavy atom. The summed E-state index contributed by atoms with van der Waals surface area (Å²) >= 11 is 0. The Labute approximate surface area is 395 Å². The maximum absolute atomic E-state index is 9.60. The van der Waals surface area contributed by atoms with Crippen molar-refractivity contribution in [2.75, 3.05) is 59.7 Å². The lowest BCUT2D eigenvalue weighted by molar-refractivity contribution is -0.194. The van der Waals surface area contributed by atoms with E-state index in [1.54, 1.807) is 27.7 Å². The van der Waals surface area contributed by atoms with E-state index in [9.17, 15) is 5.26 Å². The van der Waals surface area contributed by atoms with E-state index in [0.29, 0.717) is 41.6 Å². The van der Waals surface area contributed by atoms with Crippen LogP contribution >= 0.6 is 8.53 Å². The van der Waals surface area contributed by atoms with E-state index in [0.717, 1.165) is 22.3 Å². The van der Waals surface area contributed by atoms with Crippen molar-refractivity contribution < 1.29 is 37.5 Å². The minimum atomic E-state index is -1.79. The minimum Gasteiger partial charge on any atom is -0.497 e. The lowest BCUT2D eigenvalue weighted by atomic mass is 9.80. The quantitative estimate of drug-likeness (QED) is 0.0348. The fourth-order valence-corrected chi connectivity index (χ4v) is 10.3. The molecule has 0 spiro atoms. The highest BCUT2D eigenvalue weighted by atomic mass is 31.2. The molecule has 3 heterocycles. The van der Waals surface area contributed by atoms with Gasteiger partial charge in [-0.2, -0.15) is 5.26 Å². The SMILES string of the molecule is COCCO[C@@H]1[C@H](OP(OCCC#N)N(C(C)C)C(C)C)[C@@H](COC(c2ccccc2)(c2ccc(OC)cc2)c2ccc(OC)cc2)OC[C@H]1n1cnc2c(NCc3ccccc3)ncnc21. The highest BCUT2D eigenvalue weighted by Crippen LogP contribution is 2.50. The molecule has 1 N–H and O–H groups in total. The number of ether oxygens (including phenoxy) is 6. The van der Waals surface area contributed by atoms with Crippen molar-refractivity contribution in [3.05, 3.63) is 144 Å². The molecule has 0 radical (unpaired) electrons. The Kier molecular flexibility index (Phi) is 17.7. The monoisotopic (exact) mass is 931 g/mol. The number of nitrogens with zero attached hydrogens (tertiary/aromatic N) is 6. The van der Waals surface area contributed by atoms with E-state index in [1.807, 2.05) is 89.5 Å². The molecule has 2 aromatic heterocycles. The molecule has 1 aliphatic rings. The third-order valence-electron chi connectivity index (χ3n) is 11.7. The zero-order valence-corrected chi connectivity index (χ0v) is 40.3. The third-order valence-corrected chi connectivity index (χ3v) is 13.8. The molecule has 7 rings (SSSR count). The summed E-state index contributed by atoms with van der Waals surface area (Å²) in [6.45, 7) is 10.0. The number of hydrogen-bond donors (Lipinski definition) is 1. The van der Waals surface area contributed by atoms with Gasteiger partial charge in [0.1, 0.15) is 47.3 Å². The Morgan fingerprint density at radius 1 is 0.791 bits per heavy atom. The number of fused-ring (bicyclic) bond motifs is 1. The van der Waals surface area contributed by atoms with Crippen LogP contribution in [0.5, 0.6) is 11.5 Å². The van der Waals surface area contributed by atoms with Crippen LogP contribution in [0.3, 0.4) is 0 Å². The second-order valence-electron chi connectivity index (χ2n) is 16.6. The summed E-state index contributed by atoms with van der Waals surface area (Å²) in [5.74, 6) is 2.04. The zero-order chi connectivity index (χ0) is 47.2. The number of hydrogen-bond acceptors (Lipinski definition) is 14. The summed E-state index contributed by atoms with van der Waals surface area (Å²) < 4.78 is 56.3. The Balaban J connectivity index is 1.33. The summed E-state index contributed by atoms with van der Waals surface area (Å²) in [6, 6.07) is 37.9. The van der Waals surface area contributed by atoms with E-state index in [2.05, 4.69) is 73.0 Å². The van der Waals surface area contributed by atoms with E-state index in [4.69, 9.17) is 47.4 Å². The van der Waals surface area contributed by atoms with Crippen LogP contribution < -0.4 is 14.8 Å². The van der Waals surface area contributed by atoms with Crippen LogP contribution in [0.4, 0.5) is 5.82 Å². The molecule has 1 aliphatic heterocycles. The normalized spacial score (nSPS) is 18.0. The first-order valence-corrected chi connectivity index (χ1v) is 23.8. The van der Waals surface area contributed by atoms with Crippen molar-refractivity contribution in [2.24, 2.45) is 0 Å². The topological polar surface area (TPSA) is 156 Å². The number of methoxy groups -OCH3 is 3. The van der Waals surface area contributed by atoms with E-state index >= 15 is 0 Å². The predicted molar refractivity (Wildman–Crippen MR) is 258 cm³/mol. The van der Waals surface area contributed by atoms with Crippen LogP contribution in [0, 0.1) is 11.3 Å². The number of anilines is 1. The molecule has 354 valence electrons. The fraction of sp³-hybridized carbons (Fsp3) is 0.412. The molecule has 15 nitrogen and oxygen atoms in total. The Hall–Kier alpha value is -5.53. The van der Waals surface area contributed by atoms with Crippen molar-refractivity contribution in [2.45, 2.75) is 82.7 Å². The molecule has 0 amide bonds. The van der Waals surface area contributed by atoms with Crippen LogP contribution in [0.25, 0.3) is 11.2 Å². The van der Waals surface area contributed by atoms with E-state index in [-0.39, 0.29) is 44.9 Å². The standard InChI is InChI=1S/C51H62N7O8P/c1-36(2)58(37(3)4)67(65-28-14-27-52)66-48-45(33-64-51(39-17-12-9-13-18-39,40-19-23-42(60-6)24-20-40)41-21-25-43(61-7)26-22-41)63-32-44(47(48)62-30-29-59-5)57-35-56-46-49(54-34-55-50(46)57)53-31-38-15-10-8-11-16-38/h8-13,15-26,34-37,44-45,47-48H,14,28-33H2,1-7H3,(H,53,54,55)/t44-,45-,47+,48-,67?/m1/s1. The van der Waals surface area contributed by atoms with Crippen LogP contribution in [0.1, 0.15) is 62.4 Å². The molecule has 4 aromatic carbocycles. The number of nitrogens with one attached hydrogen (secondary N) is 1. The molecule has 6 aromatic rings. The minimum absolute atomic E-state index is 0.0306. The van der Waals surface area contributed by atoms with Crippen molar-refractivity contribution in [3.8, 4) is 17.6 Å². The number of aromatic nitrogens is 4. The van der Waals surface area contributed by atoms with Crippen molar-refractivity contribution in [1.29, 1.82) is 5.26 Å². The summed E-state index contributed by atoms with van der Waals surface area (Å²) in [6.07, 6.45) is 1.33. The molecule has 0 aliphatic carbocycles. The number of nitriles is 1. The van der Waals surface area contributed by atoms with Crippen molar-refractivity contribution >= 4 is 25.5 Å². The van der Waals surface area contributed by atoms with Crippen LogP contribution in [-0.2, 0) is 40.1 Å². The van der Waals surface area contributed by atoms with Gasteiger partial charge in [-0.3, -0.25) is 0 Å². The van der Waals surface area contributed by atoms with Gasteiger partial charge in [-0.15, -0.1) is 0 Å². The zero-order valence-electron chi connectivity index (χ0n) is 39.4. The molecule has 1 fully saturated rings. The lowest BCUT2D eigenvalue weighted by Gasteiger charge is -2.46. The molecule has 16 heteroatoms. The molecular weight excluding hydrogens is 870 g/mol. The van der Waals surface area contributed by atoms with Crippen molar-refractivity contribution in [3.63, 3.8) is 0 Å². The third kappa shape index (κ3) is 11.6. The van der Waals surface area contributed by atoms with Gasteiger partial charge in [0.15, 0.2) is 11.5 Å². The number of imidazole rings is 1. The molecule has 1 unspecified atom stereocenters. The summed E-state index contributed by atoms with van der Waals surface area (Å²) in [7, 11) is 3.16. The van der Waals surface area contributed by atoms with Crippen LogP contribution in [-0.4, -0.2) is 109 Å². The summed E-state index contributed by atoms with van der Waals surface area (Å²) in [5, 5.41) is 13.1. The molecule has 1 saturated heterocycles. The summed E-state index contributed by atoms with van der Waals surface area (Å²) in [4.78, 5) is 14.2. The summed E-state index contributed by atoms with van der Waals surface area (Å²) in [5.41, 5.74) is 3.82. The van der Waals surface area contributed by atoms with Gasteiger partial charge in [0.05, 0.1) is 72.1 Å². The lowest BCUT2D eigenvalue weighted by Crippen LogP contribution is -2.55. The average Bonchev–Trinajstić information content (AvgIpc) is 3.79. The molecular formula is C51H62N7O8P. The predicted octanol–water partition coefficient (Wildman–Crippen LogP) is 9.10. The fourth-order valence-electron chi connectivity index (χ4n) is 8.51. The van der Waals surface area contributed by atoms with E-state index in [1.165, 1.54) is 6.33 Å². The first-order valence-electron chi connectivity index (χ1n) is 22.6. The van der Waals surface area contributed by atoms with Gasteiger partial charge in [-0.25, -0.2) is 19.6 Å². The smallest absolute Gasteiger partial charge is 0.259 e. The van der Waals surface area contributed by atoms with Gasteiger partial charge in [0, 0.05) is 25.7 Å². The van der Waals surface area contributed by atoms with Gasteiger partial charge < -0.3 is 47.4 Å². The van der Waals surface area contributed by atoms with Gasteiger partial charge in [0.2, 0.25) is 0 Å². The van der Waals surface area contributed by atoms with E-state index < -0.39 is 38.5 Å². The molecule has 67 heavy (non-hydrogen) atoms. The van der Waals surface area contributed by atoms with Crippen LogP contribution in [0.15, 0.2) is 122 Å². The largest absolute Gasteiger partial charge is 0.497 e. The highest BCUT2D eigenvalue weighted by molar-refractivity contribution is 7.44.